The summed E-state index contributed by atoms with van der Waals surface area (Å²) in [5, 5.41) is 0. The number of sulfonamides is 1. The Labute approximate surface area is 117 Å². The SMILES string of the molecule is CCC(C)N(C(C)CC)S(=O)(=O)Cc1ccccc1. The molecule has 0 heterocycles. The van der Waals surface area contributed by atoms with Gasteiger partial charge in [0.25, 0.3) is 0 Å². The van der Waals surface area contributed by atoms with Crippen LogP contribution in [0.5, 0.6) is 0 Å². The lowest BCUT2D eigenvalue weighted by Crippen LogP contribution is -2.44. The summed E-state index contributed by atoms with van der Waals surface area (Å²) in [6.45, 7) is 8.01. The second-order valence-corrected chi connectivity index (χ2v) is 6.96. The number of rotatable bonds is 7. The first-order valence-electron chi connectivity index (χ1n) is 6.97. The largest absolute Gasteiger partial charge is 0.218 e. The maximum atomic E-state index is 12.6. The normalized spacial score (nSPS) is 15.4. The highest BCUT2D eigenvalue weighted by Gasteiger charge is 2.30. The van der Waals surface area contributed by atoms with E-state index in [1.165, 1.54) is 0 Å². The van der Waals surface area contributed by atoms with Crippen molar-refractivity contribution in [1.29, 1.82) is 0 Å². The van der Waals surface area contributed by atoms with Crippen LogP contribution in [0.15, 0.2) is 30.3 Å². The Bertz CT molecular complexity index is 460. The van der Waals surface area contributed by atoms with Gasteiger partial charge in [0, 0.05) is 12.1 Å². The van der Waals surface area contributed by atoms with Crippen LogP contribution in [0.3, 0.4) is 0 Å². The zero-order valence-corrected chi connectivity index (χ0v) is 13.2. The van der Waals surface area contributed by atoms with Crippen molar-refractivity contribution in [3.63, 3.8) is 0 Å². The van der Waals surface area contributed by atoms with E-state index in [1.54, 1.807) is 4.31 Å². The van der Waals surface area contributed by atoms with Gasteiger partial charge in [0.15, 0.2) is 0 Å². The van der Waals surface area contributed by atoms with E-state index in [-0.39, 0.29) is 17.8 Å². The van der Waals surface area contributed by atoms with Gasteiger partial charge in [0.05, 0.1) is 5.75 Å². The van der Waals surface area contributed by atoms with E-state index in [0.717, 1.165) is 18.4 Å². The fourth-order valence-electron chi connectivity index (χ4n) is 2.20. The van der Waals surface area contributed by atoms with Gasteiger partial charge >= 0.3 is 0 Å². The molecule has 19 heavy (non-hydrogen) atoms. The topological polar surface area (TPSA) is 37.4 Å². The van der Waals surface area contributed by atoms with E-state index >= 15 is 0 Å². The third-order valence-electron chi connectivity index (χ3n) is 3.56. The standard InChI is InChI=1S/C15H25NO2S/c1-5-13(3)16(14(4)6-2)19(17,18)12-15-10-8-7-9-11-15/h7-11,13-14H,5-6,12H2,1-4H3. The molecule has 1 aromatic rings. The molecule has 3 nitrogen and oxygen atoms in total. The molecule has 2 atom stereocenters. The summed E-state index contributed by atoms with van der Waals surface area (Å²) in [4.78, 5) is 0. The third kappa shape index (κ3) is 4.32. The Balaban J connectivity index is 3.00. The van der Waals surface area contributed by atoms with Gasteiger partial charge in [-0.2, -0.15) is 4.31 Å². The van der Waals surface area contributed by atoms with Gasteiger partial charge in [-0.15, -0.1) is 0 Å². The molecule has 0 N–H and O–H groups in total. The lowest BCUT2D eigenvalue weighted by atomic mass is 10.2. The minimum Gasteiger partial charge on any atom is -0.212 e. The minimum atomic E-state index is -3.26. The van der Waals surface area contributed by atoms with Crippen molar-refractivity contribution in [1.82, 2.24) is 4.31 Å². The maximum Gasteiger partial charge on any atom is 0.218 e. The fraction of sp³-hybridized carbons (Fsp3) is 0.600. The minimum absolute atomic E-state index is 0.0451. The lowest BCUT2D eigenvalue weighted by Gasteiger charge is -2.32. The van der Waals surface area contributed by atoms with Gasteiger partial charge in [0.1, 0.15) is 0 Å². The van der Waals surface area contributed by atoms with E-state index in [4.69, 9.17) is 0 Å². The molecule has 2 unspecified atom stereocenters. The predicted octanol–water partition coefficient (Wildman–Crippen LogP) is 3.42. The average molecular weight is 283 g/mol. The van der Waals surface area contributed by atoms with Crippen molar-refractivity contribution < 1.29 is 8.42 Å². The van der Waals surface area contributed by atoms with Crippen LogP contribution < -0.4 is 0 Å². The van der Waals surface area contributed by atoms with Gasteiger partial charge in [0.2, 0.25) is 10.0 Å². The first-order chi connectivity index (χ1) is 8.92. The summed E-state index contributed by atoms with van der Waals surface area (Å²) in [6, 6.07) is 9.47. The highest BCUT2D eigenvalue weighted by Crippen LogP contribution is 2.20. The monoisotopic (exact) mass is 283 g/mol. The molecule has 0 spiro atoms. The molecule has 1 rings (SSSR count). The number of nitrogens with zero attached hydrogens (tertiary/aromatic N) is 1. The van der Waals surface area contributed by atoms with Crippen LogP contribution in [0.4, 0.5) is 0 Å². The number of benzene rings is 1. The summed E-state index contributed by atoms with van der Waals surface area (Å²) >= 11 is 0. The molecule has 0 saturated heterocycles. The molecule has 108 valence electrons. The van der Waals surface area contributed by atoms with Crippen molar-refractivity contribution in [2.75, 3.05) is 0 Å². The molecule has 0 aliphatic rings. The van der Waals surface area contributed by atoms with Crippen LogP contribution in [-0.4, -0.2) is 24.8 Å². The molecule has 0 aliphatic carbocycles. The van der Waals surface area contributed by atoms with E-state index in [9.17, 15) is 8.42 Å². The number of hydrogen-bond acceptors (Lipinski definition) is 2. The Kier molecular flexibility index (Phi) is 6.01. The molecule has 1 aromatic carbocycles. The second-order valence-electron chi connectivity index (χ2n) is 5.09. The van der Waals surface area contributed by atoms with E-state index in [1.807, 2.05) is 58.0 Å². The highest BCUT2D eigenvalue weighted by atomic mass is 32.2. The molecule has 0 radical (unpaired) electrons. The molecular formula is C15H25NO2S. The predicted molar refractivity (Wildman–Crippen MR) is 80.4 cm³/mol. The third-order valence-corrected chi connectivity index (χ3v) is 5.62. The second kappa shape index (κ2) is 7.06. The summed E-state index contributed by atoms with van der Waals surface area (Å²) in [7, 11) is -3.26. The Morgan fingerprint density at radius 3 is 1.89 bits per heavy atom. The Morgan fingerprint density at radius 2 is 1.47 bits per heavy atom. The van der Waals surface area contributed by atoms with E-state index in [0.29, 0.717) is 0 Å². The Hall–Kier alpha value is -0.870. The zero-order valence-electron chi connectivity index (χ0n) is 12.3. The molecule has 0 amide bonds. The first-order valence-corrected chi connectivity index (χ1v) is 8.58. The quantitative estimate of drug-likeness (QED) is 0.769. The van der Waals surface area contributed by atoms with Gasteiger partial charge in [-0.25, -0.2) is 8.42 Å². The lowest BCUT2D eigenvalue weighted by molar-refractivity contribution is 0.262. The van der Waals surface area contributed by atoms with Crippen LogP contribution in [0.25, 0.3) is 0 Å². The summed E-state index contributed by atoms with van der Waals surface area (Å²) in [5.74, 6) is 0.0858. The number of hydrogen-bond donors (Lipinski definition) is 0. The van der Waals surface area contributed by atoms with Gasteiger partial charge in [-0.05, 0) is 32.3 Å². The zero-order chi connectivity index (χ0) is 14.5. The molecule has 0 saturated carbocycles. The first kappa shape index (κ1) is 16.2. The summed E-state index contributed by atoms with van der Waals surface area (Å²) in [5.41, 5.74) is 0.846. The van der Waals surface area contributed by atoms with Crippen molar-refractivity contribution >= 4 is 10.0 Å². The Morgan fingerprint density at radius 1 is 1.00 bits per heavy atom. The maximum absolute atomic E-state index is 12.6. The van der Waals surface area contributed by atoms with Crippen LogP contribution in [0, 0.1) is 0 Å². The average Bonchev–Trinajstić information content (AvgIpc) is 2.38. The molecular weight excluding hydrogens is 258 g/mol. The van der Waals surface area contributed by atoms with Crippen molar-refractivity contribution in [3.05, 3.63) is 35.9 Å². The fourth-order valence-corrected chi connectivity index (χ4v) is 4.36. The van der Waals surface area contributed by atoms with Gasteiger partial charge in [-0.1, -0.05) is 44.2 Å². The molecule has 0 fully saturated rings. The molecule has 4 heteroatoms. The molecule has 0 bridgehead atoms. The molecule has 0 aromatic heterocycles. The van der Waals surface area contributed by atoms with E-state index < -0.39 is 10.0 Å². The van der Waals surface area contributed by atoms with Crippen molar-refractivity contribution in [2.45, 2.75) is 58.4 Å². The van der Waals surface area contributed by atoms with Crippen molar-refractivity contribution in [3.8, 4) is 0 Å². The highest BCUT2D eigenvalue weighted by molar-refractivity contribution is 7.88. The van der Waals surface area contributed by atoms with Crippen LogP contribution >= 0.6 is 0 Å². The van der Waals surface area contributed by atoms with Crippen LogP contribution in [0.1, 0.15) is 46.1 Å². The summed E-state index contributed by atoms with van der Waals surface area (Å²) < 4.78 is 26.9. The van der Waals surface area contributed by atoms with Gasteiger partial charge < -0.3 is 0 Å². The summed E-state index contributed by atoms with van der Waals surface area (Å²) in [6.07, 6.45) is 1.66. The van der Waals surface area contributed by atoms with Crippen LogP contribution in [-0.2, 0) is 15.8 Å². The van der Waals surface area contributed by atoms with Crippen LogP contribution in [0.2, 0.25) is 0 Å². The van der Waals surface area contributed by atoms with Crippen molar-refractivity contribution in [2.24, 2.45) is 0 Å². The van der Waals surface area contributed by atoms with Gasteiger partial charge in [-0.3, -0.25) is 0 Å². The van der Waals surface area contributed by atoms with E-state index in [2.05, 4.69) is 0 Å². The molecule has 0 aliphatic heterocycles. The smallest absolute Gasteiger partial charge is 0.212 e.